The first-order valence-electron chi connectivity index (χ1n) is 12.1. The smallest absolute Gasteiger partial charge is 0.475 e. The summed E-state index contributed by atoms with van der Waals surface area (Å²) in [6, 6.07) is 3.92. The Hall–Kier alpha value is -3.99. The van der Waals surface area contributed by atoms with Gasteiger partial charge in [-0.3, -0.25) is 9.88 Å². The van der Waals surface area contributed by atoms with E-state index in [2.05, 4.69) is 25.3 Å². The Morgan fingerprint density at radius 1 is 1.05 bits per heavy atom. The monoisotopic (exact) mass is 593 g/mol. The molecule has 0 spiro atoms. The highest BCUT2D eigenvalue weighted by molar-refractivity contribution is 5.73. The maximum Gasteiger partial charge on any atom is 0.490 e. The number of aliphatic carboxylic acids is 2. The van der Waals surface area contributed by atoms with E-state index in [4.69, 9.17) is 28.7 Å². The molecule has 0 aromatic carbocycles. The minimum Gasteiger partial charge on any atom is -0.475 e. The van der Waals surface area contributed by atoms with Gasteiger partial charge < -0.3 is 24.5 Å². The highest BCUT2D eigenvalue weighted by Crippen LogP contribution is 2.31. The van der Waals surface area contributed by atoms with Crippen LogP contribution in [0.15, 0.2) is 27.3 Å². The van der Waals surface area contributed by atoms with E-state index >= 15 is 0 Å². The molecule has 17 heteroatoms. The third-order valence-corrected chi connectivity index (χ3v) is 5.92. The standard InChI is InChI=1S/C20H23N5O2.2C2HF3O2/c1-13-18(16-6-7-21-10-14(16)11-22-13)19-23-20(27-24-19)17-5-4-15(26-17)12-25-8-2-3-9-25;2*3-2(4,5)1(6)7/h4-5,11,21H,2-3,6-10,12H2,1H3;2*(H,6,7). The summed E-state index contributed by atoms with van der Waals surface area (Å²) in [5.74, 6) is -2.94. The normalized spacial score (nSPS) is 15.3. The van der Waals surface area contributed by atoms with Crippen molar-refractivity contribution in [1.82, 2.24) is 25.3 Å². The number of aromatic nitrogens is 3. The Balaban J connectivity index is 0.000000276. The molecule has 0 radical (unpaired) electrons. The van der Waals surface area contributed by atoms with E-state index in [1.807, 2.05) is 25.3 Å². The Kier molecular flexibility index (Phi) is 10.1. The maximum absolute atomic E-state index is 10.6. The van der Waals surface area contributed by atoms with Crippen molar-refractivity contribution in [1.29, 1.82) is 0 Å². The van der Waals surface area contributed by atoms with Crippen molar-refractivity contribution >= 4 is 11.9 Å². The number of aryl methyl sites for hydroxylation is 1. The van der Waals surface area contributed by atoms with E-state index in [1.165, 1.54) is 24.0 Å². The molecule has 0 atom stereocenters. The van der Waals surface area contributed by atoms with Crippen LogP contribution >= 0.6 is 0 Å². The number of nitrogens with zero attached hydrogens (tertiary/aromatic N) is 4. The van der Waals surface area contributed by atoms with Gasteiger partial charge in [-0.1, -0.05) is 5.16 Å². The lowest BCUT2D eigenvalue weighted by atomic mass is 9.95. The maximum atomic E-state index is 10.6. The molecule has 3 aromatic heterocycles. The molecule has 1 saturated heterocycles. The first-order chi connectivity index (χ1) is 19.2. The van der Waals surface area contributed by atoms with Crippen LogP contribution in [0, 0.1) is 6.92 Å². The van der Waals surface area contributed by atoms with Gasteiger partial charge >= 0.3 is 24.3 Å². The van der Waals surface area contributed by atoms with Gasteiger partial charge in [0.2, 0.25) is 5.82 Å². The molecule has 11 nitrogen and oxygen atoms in total. The number of nitrogens with one attached hydrogen (secondary N) is 1. The van der Waals surface area contributed by atoms with Gasteiger partial charge in [0.05, 0.1) is 6.54 Å². The predicted octanol–water partition coefficient (Wildman–Crippen LogP) is 4.21. The molecule has 5 rings (SSSR count). The number of carboxylic acid groups (broad SMARTS) is 2. The first-order valence-corrected chi connectivity index (χ1v) is 12.1. The minimum absolute atomic E-state index is 0.420. The van der Waals surface area contributed by atoms with Gasteiger partial charge in [-0.15, -0.1) is 0 Å². The van der Waals surface area contributed by atoms with Crippen molar-refractivity contribution in [2.24, 2.45) is 0 Å². The van der Waals surface area contributed by atoms with E-state index in [0.717, 1.165) is 56.2 Å². The Labute approximate surface area is 228 Å². The number of fused-ring (bicyclic) bond motifs is 1. The average Bonchev–Trinajstić information content (AvgIpc) is 3.66. The van der Waals surface area contributed by atoms with Gasteiger partial charge in [0.15, 0.2) is 5.76 Å². The van der Waals surface area contributed by atoms with Crippen molar-refractivity contribution in [3.63, 3.8) is 0 Å². The topological polar surface area (TPSA) is 155 Å². The zero-order chi connectivity index (χ0) is 30.4. The number of carboxylic acids is 2. The van der Waals surface area contributed by atoms with Gasteiger partial charge in [-0.05, 0) is 69.1 Å². The van der Waals surface area contributed by atoms with Crippen LogP contribution in [0.5, 0.6) is 0 Å². The number of likely N-dealkylation sites (tertiary alicyclic amines) is 1. The lowest BCUT2D eigenvalue weighted by molar-refractivity contribution is -0.193. The number of carbonyl (C=O) groups is 2. The van der Waals surface area contributed by atoms with Crippen molar-refractivity contribution in [3.8, 4) is 23.0 Å². The molecule has 3 N–H and O–H groups in total. The lowest BCUT2D eigenvalue weighted by Gasteiger charge is -2.19. The SMILES string of the molecule is Cc1ncc2c(c1-c1noc(-c3ccc(CN4CCCC4)o3)n1)CCNC2.O=C(O)C(F)(F)F.O=C(O)C(F)(F)F. The number of halogens is 6. The van der Waals surface area contributed by atoms with Crippen LogP contribution in [0.25, 0.3) is 23.0 Å². The molecule has 224 valence electrons. The molecular weight excluding hydrogens is 568 g/mol. The minimum atomic E-state index is -5.08. The van der Waals surface area contributed by atoms with Crippen molar-refractivity contribution in [2.45, 2.75) is 51.6 Å². The van der Waals surface area contributed by atoms with E-state index < -0.39 is 24.3 Å². The first kappa shape index (κ1) is 31.5. The number of alkyl halides is 6. The largest absolute Gasteiger partial charge is 0.490 e. The molecule has 0 unspecified atom stereocenters. The van der Waals surface area contributed by atoms with Crippen LogP contribution in [0.3, 0.4) is 0 Å². The van der Waals surface area contributed by atoms with Crippen molar-refractivity contribution in [3.05, 3.63) is 40.9 Å². The van der Waals surface area contributed by atoms with Gasteiger partial charge in [0, 0.05) is 24.0 Å². The summed E-state index contributed by atoms with van der Waals surface area (Å²) in [4.78, 5) is 29.3. The van der Waals surface area contributed by atoms with Gasteiger partial charge in [0.1, 0.15) is 5.76 Å². The van der Waals surface area contributed by atoms with E-state index in [0.29, 0.717) is 17.5 Å². The summed E-state index contributed by atoms with van der Waals surface area (Å²) in [6.45, 7) is 6.89. The van der Waals surface area contributed by atoms with Gasteiger partial charge in [-0.2, -0.15) is 31.3 Å². The molecule has 2 aliphatic rings. The molecule has 0 amide bonds. The van der Waals surface area contributed by atoms with E-state index in [-0.39, 0.29) is 0 Å². The molecule has 0 saturated carbocycles. The Bertz CT molecular complexity index is 1320. The Morgan fingerprint density at radius 2 is 1.66 bits per heavy atom. The lowest BCUT2D eigenvalue weighted by Crippen LogP contribution is -2.24. The van der Waals surface area contributed by atoms with Crippen LogP contribution in [0.2, 0.25) is 0 Å². The second-order valence-corrected chi connectivity index (χ2v) is 8.93. The van der Waals surface area contributed by atoms with Crippen LogP contribution in [0.1, 0.15) is 35.4 Å². The summed E-state index contributed by atoms with van der Waals surface area (Å²) in [5, 5.41) is 21.9. The van der Waals surface area contributed by atoms with Gasteiger partial charge in [-0.25, -0.2) is 9.59 Å². The van der Waals surface area contributed by atoms with Crippen LogP contribution in [-0.2, 0) is 29.1 Å². The van der Waals surface area contributed by atoms with Crippen molar-refractivity contribution in [2.75, 3.05) is 19.6 Å². The number of pyridine rings is 1. The summed E-state index contributed by atoms with van der Waals surface area (Å²) < 4.78 is 75.0. The molecule has 1 fully saturated rings. The second-order valence-electron chi connectivity index (χ2n) is 8.93. The fourth-order valence-corrected chi connectivity index (χ4v) is 4.03. The molecule has 0 bridgehead atoms. The van der Waals surface area contributed by atoms with Gasteiger partial charge in [0.25, 0.3) is 5.89 Å². The van der Waals surface area contributed by atoms with Crippen LogP contribution in [-0.4, -0.2) is 74.2 Å². The zero-order valence-corrected chi connectivity index (χ0v) is 21.5. The Morgan fingerprint density at radius 3 is 2.24 bits per heavy atom. The number of hydrogen-bond donors (Lipinski definition) is 3. The average molecular weight is 593 g/mol. The summed E-state index contributed by atoms with van der Waals surface area (Å²) >= 11 is 0. The summed E-state index contributed by atoms with van der Waals surface area (Å²) in [7, 11) is 0. The van der Waals surface area contributed by atoms with Crippen LogP contribution in [0.4, 0.5) is 26.3 Å². The molecule has 5 heterocycles. The van der Waals surface area contributed by atoms with Crippen LogP contribution < -0.4 is 5.32 Å². The summed E-state index contributed by atoms with van der Waals surface area (Å²) in [5.41, 5.74) is 4.40. The molecule has 41 heavy (non-hydrogen) atoms. The molecule has 0 aliphatic carbocycles. The quantitative estimate of drug-likeness (QED) is 0.373. The highest BCUT2D eigenvalue weighted by atomic mass is 19.4. The number of hydrogen-bond acceptors (Lipinski definition) is 9. The van der Waals surface area contributed by atoms with Crippen molar-refractivity contribution < 1.29 is 55.1 Å². The molecular formula is C24H25F6N5O6. The fraction of sp³-hybridized carbons (Fsp3) is 0.458. The predicted molar refractivity (Wildman–Crippen MR) is 127 cm³/mol. The third-order valence-electron chi connectivity index (χ3n) is 5.92. The fourth-order valence-electron chi connectivity index (χ4n) is 4.03. The molecule has 2 aliphatic heterocycles. The summed E-state index contributed by atoms with van der Waals surface area (Å²) in [6.07, 6.45) is -4.74. The van der Waals surface area contributed by atoms with E-state index in [1.54, 1.807) is 0 Å². The third kappa shape index (κ3) is 8.75. The zero-order valence-electron chi connectivity index (χ0n) is 21.5. The number of rotatable bonds is 4. The molecule has 3 aromatic rings. The second kappa shape index (κ2) is 13.1. The van der Waals surface area contributed by atoms with E-state index in [9.17, 15) is 26.3 Å². The highest BCUT2D eigenvalue weighted by Gasteiger charge is 2.38. The number of furan rings is 1.